The minimum atomic E-state index is -1.30. The highest BCUT2D eigenvalue weighted by Crippen LogP contribution is 2.33. The molecule has 1 saturated heterocycles. The highest BCUT2D eigenvalue weighted by atomic mass is 16.7. The number of benzene rings is 3. The molecule has 0 bridgehead atoms. The smallest absolute Gasteiger partial charge is 0.350 e. The van der Waals surface area contributed by atoms with E-state index in [1.54, 1.807) is 6.07 Å². The van der Waals surface area contributed by atoms with Gasteiger partial charge in [-0.2, -0.15) is 0 Å². The van der Waals surface area contributed by atoms with Crippen LogP contribution in [0.15, 0.2) is 90.6 Å². The van der Waals surface area contributed by atoms with Crippen LogP contribution in [-0.4, -0.2) is 27.7 Å². The van der Waals surface area contributed by atoms with Gasteiger partial charge in [0.15, 0.2) is 5.57 Å². The molecule has 168 valence electrons. The first-order valence-electron chi connectivity index (χ1n) is 10.8. The predicted octanol–water partition coefficient (Wildman–Crippen LogP) is 5.10. The molecule has 7 nitrogen and oxygen atoms in total. The van der Waals surface area contributed by atoms with Crippen molar-refractivity contribution >= 4 is 28.7 Å². The van der Waals surface area contributed by atoms with Gasteiger partial charge in [-0.3, -0.25) is 0 Å². The first kappa shape index (κ1) is 21.3. The molecule has 4 aromatic rings. The fraction of sp³-hybridized carbons (Fsp3) is 0.111. The van der Waals surface area contributed by atoms with Crippen LogP contribution in [-0.2, 0) is 19.1 Å². The van der Waals surface area contributed by atoms with Crippen LogP contribution < -0.4 is 5.32 Å². The molecule has 34 heavy (non-hydrogen) atoms. The zero-order valence-electron chi connectivity index (χ0n) is 18.6. The molecule has 7 heteroatoms. The summed E-state index contributed by atoms with van der Waals surface area (Å²) >= 11 is 0. The van der Waals surface area contributed by atoms with E-state index in [0.29, 0.717) is 16.7 Å². The van der Waals surface area contributed by atoms with E-state index in [2.05, 4.69) is 5.32 Å². The number of rotatable bonds is 4. The number of carbonyl (C=O) groups excluding carboxylic acids is 2. The lowest BCUT2D eigenvalue weighted by Gasteiger charge is -2.29. The summed E-state index contributed by atoms with van der Waals surface area (Å²) in [6.07, 6.45) is 1.28. The maximum Gasteiger partial charge on any atom is 0.350 e. The van der Waals surface area contributed by atoms with E-state index in [1.807, 2.05) is 72.8 Å². The quantitative estimate of drug-likeness (QED) is 0.262. The van der Waals surface area contributed by atoms with Gasteiger partial charge in [0.2, 0.25) is 0 Å². The minimum absolute atomic E-state index is 0.228. The lowest BCUT2D eigenvalue weighted by atomic mass is 10.0. The monoisotopic (exact) mass is 451 g/mol. The Labute approximate surface area is 196 Å². The molecule has 1 fully saturated rings. The van der Waals surface area contributed by atoms with Crippen molar-refractivity contribution in [2.75, 3.05) is 5.32 Å². The van der Waals surface area contributed by atoms with Crippen LogP contribution in [0.1, 0.15) is 13.8 Å². The second-order valence-electron chi connectivity index (χ2n) is 8.21. The van der Waals surface area contributed by atoms with Crippen LogP contribution in [0.5, 0.6) is 0 Å². The summed E-state index contributed by atoms with van der Waals surface area (Å²) < 4.78 is 10.3. The van der Waals surface area contributed by atoms with Gasteiger partial charge in [0.05, 0.1) is 22.6 Å². The zero-order valence-corrected chi connectivity index (χ0v) is 18.6. The number of hydrogen-bond acceptors (Lipinski definition) is 7. The zero-order chi connectivity index (χ0) is 23.7. The van der Waals surface area contributed by atoms with Gasteiger partial charge in [-0.15, -0.1) is 0 Å². The number of esters is 2. The Bertz CT molecular complexity index is 1410. The Morgan fingerprint density at radius 1 is 0.735 bits per heavy atom. The average Bonchev–Trinajstić information content (AvgIpc) is 2.83. The van der Waals surface area contributed by atoms with Gasteiger partial charge in [0, 0.05) is 31.2 Å². The summed E-state index contributed by atoms with van der Waals surface area (Å²) in [6.45, 7) is 3.01. The van der Waals surface area contributed by atoms with Crippen molar-refractivity contribution in [3.8, 4) is 22.5 Å². The molecule has 2 heterocycles. The van der Waals surface area contributed by atoms with Gasteiger partial charge in [0.1, 0.15) is 5.52 Å². The van der Waals surface area contributed by atoms with Crippen LogP contribution in [0.2, 0.25) is 0 Å². The molecule has 0 saturated carbocycles. The van der Waals surface area contributed by atoms with Crippen molar-refractivity contribution in [2.24, 2.45) is 0 Å². The predicted molar refractivity (Wildman–Crippen MR) is 128 cm³/mol. The van der Waals surface area contributed by atoms with Gasteiger partial charge in [-0.25, -0.2) is 19.6 Å². The number of fused-ring (bicyclic) bond motifs is 1. The molecule has 1 aromatic heterocycles. The molecule has 0 radical (unpaired) electrons. The molecule has 1 N–H and O–H groups in total. The fourth-order valence-corrected chi connectivity index (χ4v) is 3.72. The van der Waals surface area contributed by atoms with Crippen LogP contribution in [0.25, 0.3) is 33.5 Å². The summed E-state index contributed by atoms with van der Waals surface area (Å²) in [5.74, 6) is -2.80. The van der Waals surface area contributed by atoms with Gasteiger partial charge in [-0.1, -0.05) is 66.7 Å². The lowest BCUT2D eigenvalue weighted by molar-refractivity contribution is -0.222. The van der Waals surface area contributed by atoms with Crippen LogP contribution in [0.3, 0.4) is 0 Å². The maximum absolute atomic E-state index is 12.3. The number of nitrogens with one attached hydrogen (secondary N) is 1. The first-order valence-corrected chi connectivity index (χ1v) is 10.8. The average molecular weight is 451 g/mol. The van der Waals surface area contributed by atoms with E-state index >= 15 is 0 Å². The number of aromatic nitrogens is 2. The van der Waals surface area contributed by atoms with Crippen molar-refractivity contribution in [3.63, 3.8) is 0 Å². The van der Waals surface area contributed by atoms with Gasteiger partial charge >= 0.3 is 11.9 Å². The standard InChI is InChI=1S/C27H21N3O4/c1-27(2)33-25(31)19(26(32)34-27)16-28-20-14-9-15-21-24(20)30-23(18-12-7-4-8-13-18)22(29-21)17-10-5-3-6-11-17/h3-16,28H,1-2H3. The third-order valence-corrected chi connectivity index (χ3v) is 5.28. The Hall–Kier alpha value is -4.52. The van der Waals surface area contributed by atoms with E-state index < -0.39 is 17.7 Å². The van der Waals surface area contributed by atoms with Crippen molar-refractivity contribution in [2.45, 2.75) is 19.6 Å². The topological polar surface area (TPSA) is 90.4 Å². The summed E-state index contributed by atoms with van der Waals surface area (Å²) in [4.78, 5) is 34.5. The molecular formula is C27H21N3O4. The summed E-state index contributed by atoms with van der Waals surface area (Å²) in [6, 6.07) is 25.2. The van der Waals surface area contributed by atoms with E-state index in [-0.39, 0.29) is 5.57 Å². The van der Waals surface area contributed by atoms with E-state index in [9.17, 15) is 9.59 Å². The number of cyclic esters (lactones) is 2. The molecule has 0 amide bonds. The van der Waals surface area contributed by atoms with Crippen LogP contribution in [0, 0.1) is 0 Å². The normalized spacial score (nSPS) is 14.9. The molecule has 5 rings (SSSR count). The van der Waals surface area contributed by atoms with Crippen LogP contribution >= 0.6 is 0 Å². The minimum Gasteiger partial charge on any atom is -0.419 e. The maximum atomic E-state index is 12.3. The third kappa shape index (κ3) is 4.11. The van der Waals surface area contributed by atoms with Crippen molar-refractivity contribution in [1.82, 2.24) is 9.97 Å². The Balaban J connectivity index is 1.61. The second-order valence-corrected chi connectivity index (χ2v) is 8.21. The number of nitrogens with zero attached hydrogens (tertiary/aromatic N) is 2. The largest absolute Gasteiger partial charge is 0.419 e. The second kappa shape index (κ2) is 8.44. The van der Waals surface area contributed by atoms with E-state index in [0.717, 1.165) is 22.5 Å². The summed E-state index contributed by atoms with van der Waals surface area (Å²) in [5, 5.41) is 3.02. The van der Waals surface area contributed by atoms with E-state index in [1.165, 1.54) is 20.0 Å². The fourth-order valence-electron chi connectivity index (χ4n) is 3.72. The highest BCUT2D eigenvalue weighted by Gasteiger charge is 2.39. The van der Waals surface area contributed by atoms with Gasteiger partial charge < -0.3 is 14.8 Å². The van der Waals surface area contributed by atoms with Crippen LogP contribution in [0.4, 0.5) is 5.69 Å². The number of carbonyl (C=O) groups is 2. The third-order valence-electron chi connectivity index (χ3n) is 5.28. The summed E-state index contributed by atoms with van der Waals surface area (Å²) in [7, 11) is 0. The number of hydrogen-bond donors (Lipinski definition) is 1. The Morgan fingerprint density at radius 3 is 1.88 bits per heavy atom. The molecule has 1 aliphatic heterocycles. The van der Waals surface area contributed by atoms with Crippen molar-refractivity contribution in [3.05, 3.63) is 90.6 Å². The molecule has 0 unspecified atom stereocenters. The molecule has 0 spiro atoms. The lowest BCUT2D eigenvalue weighted by Crippen LogP contribution is -2.42. The molecule has 0 aliphatic carbocycles. The van der Waals surface area contributed by atoms with Gasteiger partial charge in [0.25, 0.3) is 5.79 Å². The SMILES string of the molecule is CC1(C)OC(=O)C(=CNc2cccc3nc(-c4ccccc4)c(-c4ccccc4)nc23)C(=O)O1. The number of anilines is 1. The van der Waals surface area contributed by atoms with Crippen molar-refractivity contribution in [1.29, 1.82) is 0 Å². The molecule has 0 atom stereocenters. The Kier molecular flexibility index (Phi) is 5.30. The summed E-state index contributed by atoms with van der Waals surface area (Å²) in [5.41, 5.74) is 4.97. The molecule has 3 aromatic carbocycles. The number of para-hydroxylation sites is 1. The van der Waals surface area contributed by atoms with Crippen molar-refractivity contribution < 1.29 is 19.1 Å². The highest BCUT2D eigenvalue weighted by molar-refractivity contribution is 6.15. The molecule has 1 aliphatic rings. The number of ether oxygens (including phenoxy) is 2. The van der Waals surface area contributed by atoms with E-state index in [4.69, 9.17) is 19.4 Å². The Morgan fingerprint density at radius 2 is 1.29 bits per heavy atom. The first-order chi connectivity index (χ1) is 16.4. The molecular weight excluding hydrogens is 430 g/mol. The van der Waals surface area contributed by atoms with Gasteiger partial charge in [-0.05, 0) is 12.1 Å².